The number of nitrogens with one attached hydrogen (secondary N) is 3. The summed E-state index contributed by atoms with van der Waals surface area (Å²) < 4.78 is 0. The van der Waals surface area contributed by atoms with Gasteiger partial charge in [-0.15, -0.1) is 0 Å². The minimum absolute atomic E-state index is 0.111. The Morgan fingerprint density at radius 3 is 1.12 bits per heavy atom. The quantitative estimate of drug-likeness (QED) is 0.156. The normalized spacial score (nSPS) is 9.45. The molecule has 0 heterocycles. The Morgan fingerprint density at radius 2 is 0.879 bits per heavy atom. The van der Waals surface area contributed by atoms with Crippen molar-refractivity contribution in [3.63, 3.8) is 0 Å². The zero-order chi connectivity index (χ0) is 24.3. The highest BCUT2D eigenvalue weighted by Gasteiger charge is 2.16. The zero-order valence-electron chi connectivity index (χ0n) is 17.8. The fourth-order valence-electron chi connectivity index (χ4n) is 2.52. The highest BCUT2D eigenvalue weighted by Crippen LogP contribution is 2.12. The van der Waals surface area contributed by atoms with Gasteiger partial charge in [0, 0.05) is 70.7 Å². The van der Waals surface area contributed by atoms with Crippen molar-refractivity contribution in [3.05, 3.63) is 66.2 Å². The predicted octanol–water partition coefficient (Wildman–Crippen LogP) is 2.98. The van der Waals surface area contributed by atoms with Crippen LogP contribution in [0.2, 0.25) is 0 Å². The van der Waals surface area contributed by atoms with E-state index in [0.29, 0.717) is 19.3 Å². The Bertz CT molecular complexity index is 840. The molecule has 0 atom stereocenters. The number of rotatable bonds is 15. The second-order valence-corrected chi connectivity index (χ2v) is 6.49. The molecule has 0 unspecified atom stereocenters. The fraction of sp³-hybridized carbons (Fsp3) is 0.500. The minimum atomic E-state index is -0.494. The fourth-order valence-corrected chi connectivity index (χ4v) is 2.52. The molecular weight excluding hydrogens is 432 g/mol. The van der Waals surface area contributed by atoms with Crippen LogP contribution in [0, 0.1) is 0 Å². The predicted molar refractivity (Wildman–Crippen MR) is 119 cm³/mol. The largest absolute Gasteiger partial charge is 0.352 e. The standard InChI is InChI=1S/C18H24N12O3/c19-28-25-7-1-4-22-16(31)13-10-14(17(32)23-5-2-8-26-29-20)12-15(11-13)18(33)24-6-3-9-27-30-21/h10-12H,1-9H2,(H,22,31)(H,23,32)(H,24,33). The van der Waals surface area contributed by atoms with E-state index in [1.165, 1.54) is 18.2 Å². The van der Waals surface area contributed by atoms with Gasteiger partial charge in [-0.05, 0) is 54.1 Å². The van der Waals surface area contributed by atoms with Crippen molar-refractivity contribution in [2.75, 3.05) is 39.3 Å². The third kappa shape index (κ3) is 10.9. The monoisotopic (exact) mass is 456 g/mol. The van der Waals surface area contributed by atoms with Crippen LogP contribution >= 0.6 is 0 Å². The first kappa shape index (κ1) is 26.6. The van der Waals surface area contributed by atoms with Crippen LogP contribution in [0.5, 0.6) is 0 Å². The molecule has 0 aliphatic carbocycles. The van der Waals surface area contributed by atoms with Gasteiger partial charge in [0.15, 0.2) is 0 Å². The number of hydrogen-bond acceptors (Lipinski definition) is 6. The molecular formula is C18H24N12O3. The summed E-state index contributed by atoms with van der Waals surface area (Å²) in [6, 6.07) is 4.10. The summed E-state index contributed by atoms with van der Waals surface area (Å²) in [4.78, 5) is 45.5. The van der Waals surface area contributed by atoms with Crippen molar-refractivity contribution in [2.24, 2.45) is 15.3 Å². The molecule has 0 aliphatic heterocycles. The van der Waals surface area contributed by atoms with Crippen LogP contribution in [0.15, 0.2) is 33.5 Å². The van der Waals surface area contributed by atoms with E-state index in [-0.39, 0.29) is 56.0 Å². The van der Waals surface area contributed by atoms with E-state index in [1.54, 1.807) is 0 Å². The van der Waals surface area contributed by atoms with Gasteiger partial charge in [-0.2, -0.15) is 0 Å². The highest BCUT2D eigenvalue weighted by atomic mass is 16.2. The summed E-state index contributed by atoms with van der Waals surface area (Å²) in [5.74, 6) is -1.48. The Balaban J connectivity index is 2.93. The number of hydrogen-bond donors (Lipinski definition) is 3. The Morgan fingerprint density at radius 1 is 0.606 bits per heavy atom. The molecule has 3 amide bonds. The first-order valence-corrected chi connectivity index (χ1v) is 10.1. The molecule has 0 radical (unpaired) electrons. The molecule has 0 saturated carbocycles. The smallest absolute Gasteiger partial charge is 0.251 e. The van der Waals surface area contributed by atoms with Gasteiger partial charge in [0.25, 0.3) is 17.7 Å². The topological polar surface area (TPSA) is 234 Å². The summed E-state index contributed by atoms with van der Waals surface area (Å²) in [5.41, 5.74) is 25.2. The van der Waals surface area contributed by atoms with Crippen LogP contribution < -0.4 is 16.0 Å². The number of benzene rings is 1. The number of amides is 3. The molecule has 0 fully saturated rings. The molecule has 0 aromatic heterocycles. The summed E-state index contributed by atoms with van der Waals surface area (Å²) in [5, 5.41) is 18.1. The number of nitrogens with zero attached hydrogens (tertiary/aromatic N) is 9. The molecule has 15 heteroatoms. The number of carbonyl (C=O) groups is 3. The van der Waals surface area contributed by atoms with E-state index in [0.717, 1.165) is 0 Å². The third-order valence-corrected chi connectivity index (χ3v) is 4.07. The second kappa shape index (κ2) is 16.3. The van der Waals surface area contributed by atoms with E-state index < -0.39 is 17.7 Å². The molecule has 0 saturated heterocycles. The van der Waals surface area contributed by atoms with Crippen LogP contribution in [-0.2, 0) is 0 Å². The van der Waals surface area contributed by atoms with Crippen LogP contribution in [0.1, 0.15) is 50.3 Å². The average molecular weight is 456 g/mol. The van der Waals surface area contributed by atoms with E-state index in [9.17, 15) is 14.4 Å². The maximum Gasteiger partial charge on any atom is 0.251 e. The second-order valence-electron chi connectivity index (χ2n) is 6.49. The molecule has 15 nitrogen and oxygen atoms in total. The van der Waals surface area contributed by atoms with Crippen molar-refractivity contribution in [1.29, 1.82) is 0 Å². The molecule has 1 rings (SSSR count). The number of azide groups is 3. The maximum atomic E-state index is 12.5. The molecule has 33 heavy (non-hydrogen) atoms. The molecule has 1 aromatic rings. The lowest BCUT2D eigenvalue weighted by Gasteiger charge is -2.11. The van der Waals surface area contributed by atoms with Gasteiger partial charge in [0.05, 0.1) is 0 Å². The lowest BCUT2D eigenvalue weighted by molar-refractivity contribution is 0.0952. The van der Waals surface area contributed by atoms with E-state index >= 15 is 0 Å². The van der Waals surface area contributed by atoms with Crippen molar-refractivity contribution >= 4 is 17.7 Å². The summed E-state index contributed by atoms with van der Waals surface area (Å²) in [7, 11) is 0. The van der Waals surface area contributed by atoms with Crippen LogP contribution in [0.3, 0.4) is 0 Å². The van der Waals surface area contributed by atoms with Gasteiger partial charge in [-0.1, -0.05) is 15.3 Å². The Kier molecular flexibility index (Phi) is 13.1. The zero-order valence-corrected chi connectivity index (χ0v) is 17.8. The molecule has 0 aliphatic rings. The van der Waals surface area contributed by atoms with Gasteiger partial charge in [0.1, 0.15) is 0 Å². The van der Waals surface area contributed by atoms with Crippen molar-refractivity contribution in [3.8, 4) is 0 Å². The van der Waals surface area contributed by atoms with Crippen LogP contribution in [0.4, 0.5) is 0 Å². The van der Waals surface area contributed by atoms with E-state index in [1.807, 2.05) is 0 Å². The van der Waals surface area contributed by atoms with Crippen LogP contribution in [0.25, 0.3) is 31.3 Å². The molecule has 0 bridgehead atoms. The molecule has 3 N–H and O–H groups in total. The Hall–Kier alpha value is -4.44. The van der Waals surface area contributed by atoms with Gasteiger partial charge in [0.2, 0.25) is 0 Å². The third-order valence-electron chi connectivity index (χ3n) is 4.07. The molecule has 1 aromatic carbocycles. The van der Waals surface area contributed by atoms with Gasteiger partial charge >= 0.3 is 0 Å². The molecule has 0 spiro atoms. The lowest BCUT2D eigenvalue weighted by Crippen LogP contribution is -2.29. The van der Waals surface area contributed by atoms with Crippen molar-refractivity contribution < 1.29 is 14.4 Å². The van der Waals surface area contributed by atoms with Crippen molar-refractivity contribution in [2.45, 2.75) is 19.3 Å². The highest BCUT2D eigenvalue weighted by molar-refractivity contribution is 6.04. The number of carbonyl (C=O) groups excluding carboxylic acids is 3. The van der Waals surface area contributed by atoms with E-state index in [2.05, 4.69) is 46.0 Å². The maximum absolute atomic E-state index is 12.5. The first-order valence-electron chi connectivity index (χ1n) is 10.1. The first-order chi connectivity index (χ1) is 16.0. The average Bonchev–Trinajstić information content (AvgIpc) is 2.83. The summed E-state index contributed by atoms with van der Waals surface area (Å²) in [6.07, 6.45) is 1.29. The summed E-state index contributed by atoms with van der Waals surface area (Å²) in [6.45, 7) is 1.40. The van der Waals surface area contributed by atoms with E-state index in [4.69, 9.17) is 16.6 Å². The van der Waals surface area contributed by atoms with Crippen LogP contribution in [-0.4, -0.2) is 57.0 Å². The lowest BCUT2D eigenvalue weighted by atomic mass is 10.0. The Labute approximate surface area is 188 Å². The molecule has 174 valence electrons. The van der Waals surface area contributed by atoms with Crippen molar-refractivity contribution in [1.82, 2.24) is 16.0 Å². The van der Waals surface area contributed by atoms with Gasteiger partial charge in [-0.3, -0.25) is 14.4 Å². The summed E-state index contributed by atoms with van der Waals surface area (Å²) >= 11 is 0. The minimum Gasteiger partial charge on any atom is -0.352 e. The van der Waals surface area contributed by atoms with Gasteiger partial charge in [-0.25, -0.2) is 0 Å². The van der Waals surface area contributed by atoms with Gasteiger partial charge < -0.3 is 16.0 Å². The SMILES string of the molecule is [N-]=[N+]=NCCCNC(=O)c1cc(C(=O)NCCCN=[N+]=[N-])cc(C(=O)NCCCN=[N+]=[N-])c1.